The number of hydrogen-bond donors (Lipinski definition) is 3. The van der Waals surface area contributed by atoms with Crippen molar-refractivity contribution in [1.29, 1.82) is 5.41 Å². The van der Waals surface area contributed by atoms with Gasteiger partial charge in [-0.15, -0.1) is 0 Å². The Labute approximate surface area is 115 Å². The number of amidine groups is 2. The Kier molecular flexibility index (Phi) is 5.33. The summed E-state index contributed by atoms with van der Waals surface area (Å²) >= 11 is 2.73. The van der Waals surface area contributed by atoms with Gasteiger partial charge in [-0.2, -0.15) is 0 Å². The molecule has 0 aromatic heterocycles. The zero-order chi connectivity index (χ0) is 13.8. The molecule has 0 spiro atoms. The molecule has 0 aromatic rings. The van der Waals surface area contributed by atoms with Crippen LogP contribution in [0.15, 0.2) is 4.99 Å². The quantitative estimate of drug-likeness (QED) is 0.530. The lowest BCUT2D eigenvalue weighted by molar-refractivity contribution is 0.0564. The van der Waals surface area contributed by atoms with E-state index in [2.05, 4.69) is 10.3 Å². The summed E-state index contributed by atoms with van der Waals surface area (Å²) < 4.78 is 5.13. The van der Waals surface area contributed by atoms with E-state index in [0.29, 0.717) is 10.9 Å². The zero-order valence-corrected chi connectivity index (χ0v) is 12.3. The number of carbonyl (C=O) groups excluding carboxylic acids is 1. The lowest BCUT2D eigenvalue weighted by Crippen LogP contribution is -2.34. The molecule has 1 heterocycles. The van der Waals surface area contributed by atoms with Crippen molar-refractivity contribution >= 4 is 40.0 Å². The molecule has 1 aliphatic heterocycles. The van der Waals surface area contributed by atoms with E-state index in [9.17, 15) is 4.79 Å². The number of carbonyl (C=O) groups is 1. The predicted molar refractivity (Wildman–Crippen MR) is 77.4 cm³/mol. The number of rotatable bonds is 2. The van der Waals surface area contributed by atoms with Gasteiger partial charge in [0.2, 0.25) is 0 Å². The van der Waals surface area contributed by atoms with Crippen LogP contribution in [-0.4, -0.2) is 39.6 Å². The Hall–Kier alpha value is -0.890. The average Bonchev–Trinajstić information content (AvgIpc) is 2.59. The number of aliphatic imine (C=N–C) groups is 1. The number of nitrogens with one attached hydrogen (secondary N) is 2. The Bertz CT molecular complexity index is 365. The second-order valence-electron chi connectivity index (χ2n) is 4.70. The minimum absolute atomic E-state index is 0.0776. The summed E-state index contributed by atoms with van der Waals surface area (Å²) in [6.07, 6.45) is -0.492. The first-order valence-corrected chi connectivity index (χ1v) is 7.41. The van der Waals surface area contributed by atoms with Crippen molar-refractivity contribution in [2.45, 2.75) is 32.4 Å². The molecule has 0 fully saturated rings. The van der Waals surface area contributed by atoms with Crippen LogP contribution < -0.4 is 11.1 Å². The molecule has 8 heteroatoms. The van der Waals surface area contributed by atoms with Gasteiger partial charge >= 0.3 is 6.09 Å². The van der Waals surface area contributed by atoms with Crippen LogP contribution in [0.4, 0.5) is 4.79 Å². The number of hydrogen-bond acceptors (Lipinski definition) is 6. The summed E-state index contributed by atoms with van der Waals surface area (Å²) in [4.78, 5) is 15.8. The standard InChI is InChI=1S/C10H18N4O2S2/c1-10(2,3)16-9(15)14-8-13-6(5-18-8)4-17-7(11)12/h6H,4-5H2,1-3H3,(H3,11,12)(H,13,14,15). The van der Waals surface area contributed by atoms with E-state index in [0.717, 1.165) is 5.75 Å². The van der Waals surface area contributed by atoms with Gasteiger partial charge in [0, 0.05) is 11.5 Å². The zero-order valence-electron chi connectivity index (χ0n) is 10.6. The van der Waals surface area contributed by atoms with E-state index in [1.54, 1.807) is 0 Å². The van der Waals surface area contributed by atoms with Crippen LogP contribution in [-0.2, 0) is 4.74 Å². The van der Waals surface area contributed by atoms with Crippen molar-refractivity contribution < 1.29 is 9.53 Å². The highest BCUT2D eigenvalue weighted by Gasteiger charge is 2.22. The Morgan fingerprint density at radius 2 is 2.39 bits per heavy atom. The van der Waals surface area contributed by atoms with Gasteiger partial charge in [0.05, 0.1) is 6.04 Å². The summed E-state index contributed by atoms with van der Waals surface area (Å²) in [6, 6.07) is 0.0776. The fraction of sp³-hybridized carbons (Fsp3) is 0.700. The molecule has 0 radical (unpaired) electrons. The highest BCUT2D eigenvalue weighted by atomic mass is 32.2. The third-order valence-electron chi connectivity index (χ3n) is 1.75. The van der Waals surface area contributed by atoms with Gasteiger partial charge in [-0.05, 0) is 20.8 Å². The molecular weight excluding hydrogens is 272 g/mol. The first-order chi connectivity index (χ1) is 8.26. The van der Waals surface area contributed by atoms with Crippen LogP contribution in [0.1, 0.15) is 20.8 Å². The van der Waals surface area contributed by atoms with Crippen molar-refractivity contribution in [3.8, 4) is 0 Å². The van der Waals surface area contributed by atoms with E-state index in [4.69, 9.17) is 15.9 Å². The Morgan fingerprint density at radius 3 is 2.94 bits per heavy atom. The number of nitrogens with zero attached hydrogens (tertiary/aromatic N) is 1. The minimum Gasteiger partial charge on any atom is -0.444 e. The van der Waals surface area contributed by atoms with Crippen molar-refractivity contribution in [3.63, 3.8) is 0 Å². The van der Waals surface area contributed by atoms with Crippen LogP contribution in [0.3, 0.4) is 0 Å². The van der Waals surface area contributed by atoms with Crippen molar-refractivity contribution in [2.75, 3.05) is 11.5 Å². The maximum atomic E-state index is 11.5. The highest BCUT2D eigenvalue weighted by molar-refractivity contribution is 8.15. The number of alkyl carbamates (subject to hydrolysis) is 1. The molecule has 0 bridgehead atoms. The Balaban J connectivity index is 2.37. The Morgan fingerprint density at radius 1 is 1.72 bits per heavy atom. The maximum Gasteiger partial charge on any atom is 0.413 e. The molecule has 6 nitrogen and oxygen atoms in total. The van der Waals surface area contributed by atoms with Crippen molar-refractivity contribution in [3.05, 3.63) is 0 Å². The van der Waals surface area contributed by atoms with Crippen molar-refractivity contribution in [1.82, 2.24) is 5.32 Å². The molecule has 4 N–H and O–H groups in total. The number of thioether (sulfide) groups is 2. The van der Waals surface area contributed by atoms with E-state index in [1.807, 2.05) is 20.8 Å². The van der Waals surface area contributed by atoms with Gasteiger partial charge in [-0.1, -0.05) is 23.5 Å². The number of nitrogens with two attached hydrogens (primary N) is 1. The van der Waals surface area contributed by atoms with Gasteiger partial charge in [0.1, 0.15) is 5.60 Å². The molecule has 0 saturated carbocycles. The summed E-state index contributed by atoms with van der Waals surface area (Å²) in [5.41, 5.74) is 4.74. The third-order valence-corrected chi connectivity index (χ3v) is 3.65. The minimum atomic E-state index is -0.516. The summed E-state index contributed by atoms with van der Waals surface area (Å²) in [7, 11) is 0. The molecule has 1 rings (SSSR count). The van der Waals surface area contributed by atoms with Crippen LogP contribution >= 0.6 is 23.5 Å². The fourth-order valence-electron chi connectivity index (χ4n) is 1.15. The SMILES string of the molecule is CC(C)(C)OC(=O)NC1=NC(CSC(=N)N)CS1. The van der Waals surface area contributed by atoms with Crippen molar-refractivity contribution in [2.24, 2.45) is 10.7 Å². The largest absolute Gasteiger partial charge is 0.444 e. The first kappa shape index (κ1) is 15.2. The molecule has 18 heavy (non-hydrogen) atoms. The fourth-order valence-corrected chi connectivity index (χ4v) is 2.78. The second-order valence-corrected chi connectivity index (χ2v) is 6.77. The van der Waals surface area contributed by atoms with Crippen LogP contribution in [0.2, 0.25) is 0 Å². The molecule has 1 atom stereocenters. The smallest absolute Gasteiger partial charge is 0.413 e. The lowest BCUT2D eigenvalue weighted by atomic mass is 10.2. The number of ether oxygens (including phenoxy) is 1. The molecule has 0 aliphatic carbocycles. The molecule has 0 aromatic carbocycles. The molecule has 1 aliphatic rings. The van der Waals surface area contributed by atoms with Crippen LogP contribution in [0.25, 0.3) is 0 Å². The summed E-state index contributed by atoms with van der Waals surface area (Å²) in [5, 5.41) is 10.4. The van der Waals surface area contributed by atoms with Gasteiger partial charge in [0.15, 0.2) is 10.3 Å². The first-order valence-electron chi connectivity index (χ1n) is 5.43. The van der Waals surface area contributed by atoms with Crippen LogP contribution in [0.5, 0.6) is 0 Å². The number of amides is 1. The van der Waals surface area contributed by atoms with Gasteiger partial charge in [-0.25, -0.2) is 4.79 Å². The topological polar surface area (TPSA) is 101 Å². The van der Waals surface area contributed by atoms with Gasteiger partial charge in [0.25, 0.3) is 0 Å². The summed E-state index contributed by atoms with van der Waals surface area (Å²) in [5.74, 6) is 1.44. The van der Waals surface area contributed by atoms with Gasteiger partial charge in [-0.3, -0.25) is 15.7 Å². The molecule has 1 amide bonds. The second kappa shape index (κ2) is 6.33. The lowest BCUT2D eigenvalue weighted by Gasteiger charge is -2.19. The maximum absolute atomic E-state index is 11.5. The van der Waals surface area contributed by atoms with E-state index in [-0.39, 0.29) is 11.2 Å². The van der Waals surface area contributed by atoms with E-state index < -0.39 is 11.7 Å². The van der Waals surface area contributed by atoms with E-state index >= 15 is 0 Å². The van der Waals surface area contributed by atoms with E-state index in [1.165, 1.54) is 23.5 Å². The summed E-state index contributed by atoms with van der Waals surface area (Å²) in [6.45, 7) is 5.42. The molecular formula is C10H18N4O2S2. The highest BCUT2D eigenvalue weighted by Crippen LogP contribution is 2.20. The third kappa shape index (κ3) is 6.15. The molecule has 0 saturated heterocycles. The molecule has 102 valence electrons. The monoisotopic (exact) mass is 290 g/mol. The van der Waals surface area contributed by atoms with Crippen LogP contribution in [0, 0.1) is 5.41 Å². The normalized spacial score (nSPS) is 19.3. The predicted octanol–water partition coefficient (Wildman–Crippen LogP) is 1.61. The average molecular weight is 290 g/mol. The molecule has 1 unspecified atom stereocenters. The van der Waals surface area contributed by atoms with Gasteiger partial charge < -0.3 is 10.5 Å².